The van der Waals surface area contributed by atoms with Crippen LogP contribution in [-0.2, 0) is 48.0 Å². The first-order valence-corrected chi connectivity index (χ1v) is 26.5. The number of Topliss-reactive ketones (excluding diaryl/α,β-unsaturated/α-hetero) is 3. The molecule has 3 atom stereocenters. The highest BCUT2D eigenvalue weighted by molar-refractivity contribution is 6.17. The zero-order valence-electron chi connectivity index (χ0n) is 44.3. The average Bonchev–Trinajstić information content (AvgIpc) is 3.47. The van der Waals surface area contributed by atoms with E-state index >= 15 is 0 Å². The Labute approximate surface area is 460 Å². The fourth-order valence-corrected chi connectivity index (χ4v) is 9.24. The van der Waals surface area contributed by atoms with Crippen molar-refractivity contribution in [2.45, 2.75) is 99.6 Å². The van der Waals surface area contributed by atoms with Crippen molar-refractivity contribution in [3.8, 4) is 17.2 Å². The molecule has 3 unspecified atom stereocenters. The maximum absolute atomic E-state index is 14.0. The van der Waals surface area contributed by atoms with E-state index in [1.54, 1.807) is 72.8 Å². The number of anilines is 3. The van der Waals surface area contributed by atoms with E-state index in [0.717, 1.165) is 16.7 Å². The molecule has 0 heterocycles. The van der Waals surface area contributed by atoms with Crippen LogP contribution in [0.1, 0.15) is 97.1 Å². The molecular formula is C61H73N9O9. The molecule has 0 bridgehead atoms. The molecule has 18 nitrogen and oxygen atoms in total. The Hall–Kier alpha value is -8.10. The molecule has 6 aromatic carbocycles. The van der Waals surface area contributed by atoms with E-state index in [9.17, 15) is 44.1 Å². The fourth-order valence-electron chi connectivity index (χ4n) is 9.24. The van der Waals surface area contributed by atoms with Crippen LogP contribution in [0, 0.1) is 0 Å². The van der Waals surface area contributed by atoms with Gasteiger partial charge in [-0.2, -0.15) is 0 Å². The Morgan fingerprint density at radius 3 is 0.797 bits per heavy atom. The molecule has 0 aliphatic carbocycles. The third-order valence-corrected chi connectivity index (χ3v) is 14.2. The number of amides is 3. The van der Waals surface area contributed by atoms with Gasteiger partial charge in [-0.25, -0.2) is 0 Å². The fraction of sp³-hybridized carbons (Fsp3) is 0.311. The van der Waals surface area contributed by atoms with Crippen LogP contribution in [-0.4, -0.2) is 86.6 Å². The molecule has 79 heavy (non-hydrogen) atoms. The number of rotatable bonds is 30. The first-order chi connectivity index (χ1) is 37.8. The highest BCUT2D eigenvalue weighted by Crippen LogP contribution is 2.35. The van der Waals surface area contributed by atoms with Crippen LogP contribution in [0.15, 0.2) is 146 Å². The summed E-state index contributed by atoms with van der Waals surface area (Å²) in [6, 6.07) is 39.3. The molecule has 0 aliphatic rings. The summed E-state index contributed by atoms with van der Waals surface area (Å²) in [6.07, 6.45) is 2.65. The third kappa shape index (κ3) is 16.0. The molecule has 3 amide bonds. The monoisotopic (exact) mass is 1080 g/mol. The lowest BCUT2D eigenvalue weighted by Gasteiger charge is -2.28. The Morgan fingerprint density at radius 1 is 0.354 bits per heavy atom. The zero-order valence-corrected chi connectivity index (χ0v) is 44.3. The summed E-state index contributed by atoms with van der Waals surface area (Å²) in [6.45, 7) is 1.05. The summed E-state index contributed by atoms with van der Waals surface area (Å²) in [5.74, 6) is -4.00. The van der Waals surface area contributed by atoms with Crippen molar-refractivity contribution < 1.29 is 44.1 Å². The van der Waals surface area contributed by atoms with Crippen LogP contribution < -0.4 is 50.4 Å². The zero-order chi connectivity index (χ0) is 57.2. The number of hydrogen-bond acceptors (Lipinski definition) is 15. The summed E-state index contributed by atoms with van der Waals surface area (Å²) < 4.78 is 0. The van der Waals surface area contributed by atoms with Crippen molar-refractivity contribution in [2.75, 3.05) is 35.6 Å². The molecule has 0 fully saturated rings. The Morgan fingerprint density at radius 2 is 0.582 bits per heavy atom. The molecule has 18 N–H and O–H groups in total. The summed E-state index contributed by atoms with van der Waals surface area (Å²) in [5, 5.41) is 37.9. The predicted octanol–water partition coefficient (Wildman–Crippen LogP) is 5.71. The van der Waals surface area contributed by atoms with E-state index in [1.807, 2.05) is 36.4 Å². The van der Waals surface area contributed by atoms with Gasteiger partial charge in [0, 0.05) is 42.2 Å². The predicted molar refractivity (Wildman–Crippen MR) is 306 cm³/mol. The number of carbonyl (C=O) groups excluding carboxylic acids is 6. The number of unbranched alkanes of at least 4 members (excludes halogenated alkanes) is 3. The minimum absolute atomic E-state index is 0.0338. The van der Waals surface area contributed by atoms with Crippen LogP contribution in [0.3, 0.4) is 0 Å². The highest BCUT2D eigenvalue weighted by atomic mass is 16.3. The van der Waals surface area contributed by atoms with Gasteiger partial charge in [-0.05, 0) is 184 Å². The van der Waals surface area contributed by atoms with E-state index in [-0.39, 0.29) is 55.8 Å². The smallest absolute Gasteiger partial charge is 0.252 e. The number of aromatic hydroxyl groups is 3. The van der Waals surface area contributed by atoms with Crippen LogP contribution in [0.4, 0.5) is 17.1 Å². The van der Waals surface area contributed by atoms with Crippen LogP contribution in [0.25, 0.3) is 0 Å². The molecule has 416 valence electrons. The molecule has 0 saturated carbocycles. The van der Waals surface area contributed by atoms with Gasteiger partial charge in [-0.1, -0.05) is 72.8 Å². The first-order valence-electron chi connectivity index (χ1n) is 26.5. The lowest BCUT2D eigenvalue weighted by atomic mass is 9.83. The lowest BCUT2D eigenvalue weighted by Crippen LogP contribution is -2.58. The standard InChI is InChI=1S/C61H73N9O9/c62-34-4-1-31-59(65,52(74)37-40-7-25-49(71)26-8-40)56(77)68-46-19-13-43(14-20-46)55(44-15-21-47(22-16-44)69-57(78)60(66,32-2-5-35-63)53(75)38-41-9-27-50(72)28-10-41)45-17-23-48(24-18-45)70-58(79)61(67,33-3-6-36-64)54(76)39-42-11-29-51(73)30-12-42/h7-30,55,71-73H,1-6,31-39,62-67H2,(H,68,77)(H,69,78)(H,70,79). The van der Waals surface area contributed by atoms with Gasteiger partial charge in [-0.3, -0.25) is 28.8 Å². The van der Waals surface area contributed by atoms with Gasteiger partial charge in [0.2, 0.25) is 0 Å². The van der Waals surface area contributed by atoms with Crippen LogP contribution >= 0.6 is 0 Å². The molecule has 6 rings (SSSR count). The second-order valence-corrected chi connectivity index (χ2v) is 20.1. The SMILES string of the molecule is NCCCCC(N)(C(=O)Cc1ccc(O)cc1)C(=O)Nc1ccc(C(c2ccc(NC(=O)C(N)(CCCCN)C(=O)Cc3ccc(O)cc3)cc2)c2ccc(NC(=O)C(N)(CCCCN)C(=O)Cc3ccc(O)cc3)cc2)cc1. The Bertz CT molecular complexity index is 2690. The molecule has 0 aliphatic heterocycles. The van der Waals surface area contributed by atoms with Crippen molar-refractivity contribution in [3.05, 3.63) is 179 Å². The Kier molecular flexibility index (Phi) is 21.3. The maximum atomic E-state index is 14.0. The normalized spacial score (nSPS) is 13.9. The number of ketones is 3. The molecule has 0 spiro atoms. The minimum Gasteiger partial charge on any atom is -0.508 e. The largest absolute Gasteiger partial charge is 0.508 e. The first kappa shape index (κ1) is 60.1. The number of nitrogens with two attached hydrogens (primary N) is 6. The van der Waals surface area contributed by atoms with Crippen molar-refractivity contribution >= 4 is 52.1 Å². The second-order valence-electron chi connectivity index (χ2n) is 20.1. The van der Waals surface area contributed by atoms with Gasteiger partial charge in [0.15, 0.2) is 34.0 Å². The summed E-state index contributed by atoms with van der Waals surface area (Å²) >= 11 is 0. The second kappa shape index (κ2) is 28.0. The maximum Gasteiger partial charge on any atom is 0.252 e. The average molecular weight is 1080 g/mol. The highest BCUT2D eigenvalue weighted by Gasteiger charge is 2.43. The summed E-state index contributed by atoms with van der Waals surface area (Å²) in [7, 11) is 0. The van der Waals surface area contributed by atoms with Crippen molar-refractivity contribution in [3.63, 3.8) is 0 Å². The van der Waals surface area contributed by atoms with Crippen molar-refractivity contribution in [2.24, 2.45) is 34.4 Å². The van der Waals surface area contributed by atoms with Gasteiger partial charge in [0.05, 0.1) is 0 Å². The minimum atomic E-state index is -1.90. The third-order valence-electron chi connectivity index (χ3n) is 14.2. The van der Waals surface area contributed by atoms with Gasteiger partial charge < -0.3 is 65.7 Å². The molecule has 0 radical (unpaired) electrons. The topological polar surface area (TPSA) is 355 Å². The number of nitrogens with one attached hydrogen (secondary N) is 3. The van der Waals surface area contributed by atoms with E-state index in [0.29, 0.717) is 91.9 Å². The van der Waals surface area contributed by atoms with Crippen LogP contribution in [0.2, 0.25) is 0 Å². The molecular weight excluding hydrogens is 1000 g/mol. The quantitative estimate of drug-likeness (QED) is 0.0146. The molecule has 0 saturated heterocycles. The lowest BCUT2D eigenvalue weighted by molar-refractivity contribution is -0.134. The van der Waals surface area contributed by atoms with Crippen molar-refractivity contribution in [1.82, 2.24) is 0 Å². The van der Waals surface area contributed by atoms with Crippen LogP contribution in [0.5, 0.6) is 17.2 Å². The molecule has 18 heteroatoms. The van der Waals surface area contributed by atoms with E-state index in [2.05, 4.69) is 16.0 Å². The van der Waals surface area contributed by atoms with Gasteiger partial charge in [-0.15, -0.1) is 0 Å². The van der Waals surface area contributed by atoms with E-state index < -0.39 is 57.6 Å². The molecule has 6 aromatic rings. The Balaban J connectivity index is 1.29. The summed E-state index contributed by atoms with van der Waals surface area (Å²) in [4.78, 5) is 83.5. The van der Waals surface area contributed by atoms with Crippen molar-refractivity contribution in [1.29, 1.82) is 0 Å². The number of hydrogen-bond donors (Lipinski definition) is 12. The number of phenolic OH excluding ortho intramolecular Hbond substituents is 3. The number of phenols is 3. The van der Waals surface area contributed by atoms with Gasteiger partial charge in [0.1, 0.15) is 17.2 Å². The van der Waals surface area contributed by atoms with Gasteiger partial charge >= 0.3 is 0 Å². The number of carbonyl (C=O) groups is 6. The van der Waals surface area contributed by atoms with E-state index in [4.69, 9.17) is 34.4 Å². The summed E-state index contributed by atoms with van der Waals surface area (Å²) in [5.41, 5.74) is 36.7. The molecule has 0 aromatic heterocycles. The number of benzene rings is 6. The van der Waals surface area contributed by atoms with Gasteiger partial charge in [0.25, 0.3) is 17.7 Å². The van der Waals surface area contributed by atoms with E-state index in [1.165, 1.54) is 36.4 Å².